The molecule has 2 aromatic carbocycles. The Morgan fingerprint density at radius 1 is 1.04 bits per heavy atom. The van der Waals surface area contributed by atoms with Gasteiger partial charge in [0.2, 0.25) is 5.88 Å². The fourth-order valence-electron chi connectivity index (χ4n) is 2.35. The van der Waals surface area contributed by atoms with Gasteiger partial charge in [-0.1, -0.05) is 36.4 Å². The Hall–Kier alpha value is -3.08. The standard InChI is InChI=1S/C20H21N3O2/c1-15-14-23(17-12-8-5-9-13-17)22-18(15)25-20(2,3)19(24)21-16-10-6-4-7-11-16/h4-14H,1-3H3,(H,21,24). The van der Waals surface area contributed by atoms with Crippen molar-refractivity contribution in [3.63, 3.8) is 0 Å². The number of rotatable bonds is 5. The highest BCUT2D eigenvalue weighted by Gasteiger charge is 2.31. The second-order valence-corrected chi connectivity index (χ2v) is 6.33. The molecule has 0 bridgehead atoms. The molecule has 3 rings (SSSR count). The van der Waals surface area contributed by atoms with Crippen LogP contribution in [0.1, 0.15) is 19.4 Å². The summed E-state index contributed by atoms with van der Waals surface area (Å²) >= 11 is 0. The Bertz CT molecular complexity index is 855. The molecule has 0 aliphatic rings. The predicted molar refractivity (Wildman–Crippen MR) is 98.1 cm³/mol. The minimum Gasteiger partial charge on any atom is -0.460 e. The average Bonchev–Trinajstić information content (AvgIpc) is 2.97. The number of aryl methyl sites for hydroxylation is 1. The Morgan fingerprint density at radius 3 is 2.28 bits per heavy atom. The number of hydrogen-bond donors (Lipinski definition) is 1. The summed E-state index contributed by atoms with van der Waals surface area (Å²) in [5.41, 5.74) is 1.48. The summed E-state index contributed by atoms with van der Waals surface area (Å²) in [5, 5.41) is 7.33. The Kier molecular flexibility index (Phi) is 4.57. The molecule has 1 N–H and O–H groups in total. The van der Waals surface area contributed by atoms with Crippen molar-refractivity contribution >= 4 is 11.6 Å². The van der Waals surface area contributed by atoms with E-state index >= 15 is 0 Å². The number of nitrogens with zero attached hydrogens (tertiary/aromatic N) is 2. The van der Waals surface area contributed by atoms with Gasteiger partial charge in [-0.15, -0.1) is 5.10 Å². The summed E-state index contributed by atoms with van der Waals surface area (Å²) in [6.07, 6.45) is 1.88. The number of nitrogens with one attached hydrogen (secondary N) is 1. The topological polar surface area (TPSA) is 56.2 Å². The first kappa shape index (κ1) is 16.8. The molecule has 1 amide bonds. The predicted octanol–water partition coefficient (Wildman–Crippen LogP) is 3.98. The zero-order valence-electron chi connectivity index (χ0n) is 14.6. The van der Waals surface area contributed by atoms with Gasteiger partial charge in [0.15, 0.2) is 5.60 Å². The van der Waals surface area contributed by atoms with Crippen LogP contribution < -0.4 is 10.1 Å². The molecule has 0 saturated heterocycles. The number of para-hydroxylation sites is 2. The fraction of sp³-hybridized carbons (Fsp3) is 0.200. The maximum atomic E-state index is 12.6. The van der Waals surface area contributed by atoms with Crippen molar-refractivity contribution in [3.8, 4) is 11.6 Å². The maximum absolute atomic E-state index is 12.6. The lowest BCUT2D eigenvalue weighted by molar-refractivity contribution is -0.128. The van der Waals surface area contributed by atoms with Gasteiger partial charge < -0.3 is 10.1 Å². The summed E-state index contributed by atoms with van der Waals surface area (Å²) in [6.45, 7) is 5.37. The molecule has 0 fully saturated rings. The molecule has 3 aromatic rings. The van der Waals surface area contributed by atoms with Crippen molar-refractivity contribution in [2.75, 3.05) is 5.32 Å². The Labute approximate surface area is 147 Å². The molecule has 0 aliphatic heterocycles. The molecule has 0 spiro atoms. The van der Waals surface area contributed by atoms with Crippen molar-refractivity contribution in [2.45, 2.75) is 26.4 Å². The summed E-state index contributed by atoms with van der Waals surface area (Å²) in [4.78, 5) is 12.6. The lowest BCUT2D eigenvalue weighted by Gasteiger charge is -2.24. The second-order valence-electron chi connectivity index (χ2n) is 6.33. The average molecular weight is 335 g/mol. The highest BCUT2D eigenvalue weighted by Crippen LogP contribution is 2.23. The lowest BCUT2D eigenvalue weighted by Crippen LogP contribution is -2.42. The molecule has 5 nitrogen and oxygen atoms in total. The summed E-state index contributed by atoms with van der Waals surface area (Å²) in [5.74, 6) is 0.212. The van der Waals surface area contributed by atoms with E-state index in [4.69, 9.17) is 4.74 Å². The van der Waals surface area contributed by atoms with E-state index in [1.807, 2.05) is 73.8 Å². The third kappa shape index (κ3) is 3.88. The minimum atomic E-state index is -1.06. The molecule has 0 radical (unpaired) electrons. The van der Waals surface area contributed by atoms with Crippen LogP contribution in [0.2, 0.25) is 0 Å². The van der Waals surface area contributed by atoms with Gasteiger partial charge in [-0.05, 0) is 45.0 Å². The number of amides is 1. The van der Waals surface area contributed by atoms with E-state index < -0.39 is 5.60 Å². The summed E-state index contributed by atoms with van der Waals surface area (Å²) in [6, 6.07) is 19.1. The normalized spacial score (nSPS) is 11.2. The number of hydrogen-bond acceptors (Lipinski definition) is 3. The summed E-state index contributed by atoms with van der Waals surface area (Å²) < 4.78 is 7.67. The maximum Gasteiger partial charge on any atom is 0.268 e. The van der Waals surface area contributed by atoms with Crippen LogP contribution in [-0.2, 0) is 4.79 Å². The molecule has 25 heavy (non-hydrogen) atoms. The van der Waals surface area contributed by atoms with Gasteiger partial charge in [0.25, 0.3) is 5.91 Å². The highest BCUT2D eigenvalue weighted by molar-refractivity contribution is 5.96. The van der Waals surface area contributed by atoms with Gasteiger partial charge >= 0.3 is 0 Å². The van der Waals surface area contributed by atoms with Gasteiger partial charge in [-0.3, -0.25) is 4.79 Å². The van der Waals surface area contributed by atoms with Crippen LogP contribution in [0.4, 0.5) is 5.69 Å². The van der Waals surface area contributed by atoms with Gasteiger partial charge in [0.05, 0.1) is 5.69 Å². The van der Waals surface area contributed by atoms with E-state index in [9.17, 15) is 4.79 Å². The van der Waals surface area contributed by atoms with Crippen LogP contribution >= 0.6 is 0 Å². The fourth-order valence-corrected chi connectivity index (χ4v) is 2.35. The second kappa shape index (κ2) is 6.81. The third-order valence-electron chi connectivity index (χ3n) is 3.80. The van der Waals surface area contributed by atoms with Crippen molar-refractivity contribution in [1.82, 2.24) is 9.78 Å². The number of carbonyl (C=O) groups excluding carboxylic acids is 1. The van der Waals surface area contributed by atoms with E-state index in [1.165, 1.54) is 0 Å². The first-order valence-electron chi connectivity index (χ1n) is 8.13. The van der Waals surface area contributed by atoms with Crippen LogP contribution in [0.3, 0.4) is 0 Å². The number of benzene rings is 2. The first-order chi connectivity index (χ1) is 12.0. The number of ether oxygens (including phenoxy) is 1. The largest absolute Gasteiger partial charge is 0.460 e. The van der Waals surface area contributed by atoms with Crippen LogP contribution in [0, 0.1) is 6.92 Å². The van der Waals surface area contributed by atoms with Gasteiger partial charge in [0.1, 0.15) is 0 Å². The van der Waals surface area contributed by atoms with Crippen molar-refractivity contribution in [3.05, 3.63) is 72.4 Å². The zero-order valence-corrected chi connectivity index (χ0v) is 14.6. The van der Waals surface area contributed by atoms with Crippen molar-refractivity contribution in [1.29, 1.82) is 0 Å². The lowest BCUT2D eigenvalue weighted by atomic mass is 10.1. The molecule has 5 heteroatoms. The van der Waals surface area contributed by atoms with E-state index in [-0.39, 0.29) is 5.91 Å². The van der Waals surface area contributed by atoms with Crippen LogP contribution in [0.15, 0.2) is 66.9 Å². The van der Waals surface area contributed by atoms with Crippen LogP contribution in [0.25, 0.3) is 5.69 Å². The van der Waals surface area contributed by atoms with E-state index in [2.05, 4.69) is 10.4 Å². The van der Waals surface area contributed by atoms with E-state index in [0.29, 0.717) is 5.88 Å². The SMILES string of the molecule is Cc1cn(-c2ccccc2)nc1OC(C)(C)C(=O)Nc1ccccc1. The Balaban J connectivity index is 1.76. The summed E-state index contributed by atoms with van der Waals surface area (Å²) in [7, 11) is 0. The minimum absolute atomic E-state index is 0.229. The molecule has 0 aliphatic carbocycles. The van der Waals surface area contributed by atoms with Gasteiger partial charge in [-0.25, -0.2) is 4.68 Å². The molecule has 1 aromatic heterocycles. The molecule has 1 heterocycles. The molecular weight excluding hydrogens is 314 g/mol. The van der Waals surface area contributed by atoms with Gasteiger partial charge in [0, 0.05) is 17.4 Å². The highest BCUT2D eigenvalue weighted by atomic mass is 16.5. The first-order valence-corrected chi connectivity index (χ1v) is 8.13. The number of carbonyl (C=O) groups is 1. The van der Waals surface area contributed by atoms with E-state index in [0.717, 1.165) is 16.9 Å². The monoisotopic (exact) mass is 335 g/mol. The van der Waals surface area contributed by atoms with Crippen molar-refractivity contribution in [2.24, 2.45) is 0 Å². The number of anilines is 1. The zero-order chi connectivity index (χ0) is 17.9. The van der Waals surface area contributed by atoms with Crippen LogP contribution in [0.5, 0.6) is 5.88 Å². The molecule has 0 saturated carbocycles. The van der Waals surface area contributed by atoms with Crippen LogP contribution in [-0.4, -0.2) is 21.3 Å². The van der Waals surface area contributed by atoms with Gasteiger partial charge in [-0.2, -0.15) is 0 Å². The van der Waals surface area contributed by atoms with E-state index in [1.54, 1.807) is 18.5 Å². The molecular formula is C20H21N3O2. The smallest absolute Gasteiger partial charge is 0.268 e. The quantitative estimate of drug-likeness (QED) is 0.767. The Morgan fingerprint density at radius 2 is 1.64 bits per heavy atom. The number of aromatic nitrogens is 2. The molecule has 128 valence electrons. The van der Waals surface area contributed by atoms with Crippen molar-refractivity contribution < 1.29 is 9.53 Å². The third-order valence-corrected chi connectivity index (χ3v) is 3.80. The molecule has 0 atom stereocenters. The molecule has 0 unspecified atom stereocenters.